The van der Waals surface area contributed by atoms with Crippen LogP contribution in [0.3, 0.4) is 0 Å². The Morgan fingerprint density at radius 2 is 2.38 bits per heavy atom. The van der Waals surface area contributed by atoms with E-state index < -0.39 is 0 Å². The molecule has 0 aliphatic heterocycles. The first-order chi connectivity index (χ1) is 7.62. The summed E-state index contributed by atoms with van der Waals surface area (Å²) in [6, 6.07) is 0. The van der Waals surface area contributed by atoms with Gasteiger partial charge in [-0.3, -0.25) is 0 Å². The lowest BCUT2D eigenvalue weighted by Gasteiger charge is -2.34. The molecule has 0 radical (unpaired) electrons. The lowest BCUT2D eigenvalue weighted by Crippen LogP contribution is -2.39. The molecular weight excluding hydrogens is 200 g/mol. The quantitative estimate of drug-likeness (QED) is 0.405. The predicted octanol–water partition coefficient (Wildman–Crippen LogP) is 2.85. The highest BCUT2D eigenvalue weighted by Gasteiger charge is 2.59. The second-order valence-corrected chi connectivity index (χ2v) is 5.59. The highest BCUT2D eigenvalue weighted by Crippen LogP contribution is 2.60. The number of ether oxygens (including phenoxy) is 1. The molecule has 0 aromatic rings. The summed E-state index contributed by atoms with van der Waals surface area (Å²) in [6.07, 6.45) is 9.06. The molecule has 4 unspecified atom stereocenters. The predicted molar refractivity (Wildman–Crippen MR) is 61.7 cm³/mol. The molecule has 2 heteroatoms. The maximum Gasteiger partial charge on any atom is 0.333 e. The minimum Gasteiger partial charge on any atom is -0.455 e. The largest absolute Gasteiger partial charge is 0.455 e. The van der Waals surface area contributed by atoms with Crippen molar-refractivity contribution in [2.24, 2.45) is 17.8 Å². The van der Waals surface area contributed by atoms with Gasteiger partial charge in [-0.25, -0.2) is 4.79 Å². The first-order valence-electron chi connectivity index (χ1n) is 6.18. The van der Waals surface area contributed by atoms with Crippen molar-refractivity contribution in [2.45, 2.75) is 38.2 Å². The zero-order valence-corrected chi connectivity index (χ0v) is 9.74. The van der Waals surface area contributed by atoms with Crippen LogP contribution in [0.5, 0.6) is 0 Å². The molecule has 0 N–H and O–H groups in total. The number of rotatable bonds is 2. The molecular formula is C14H18O2. The Morgan fingerprint density at radius 1 is 1.56 bits per heavy atom. The molecule has 3 aliphatic rings. The third-order valence-electron chi connectivity index (χ3n) is 4.62. The number of fused-ring (bicyclic) bond motifs is 5. The van der Waals surface area contributed by atoms with Crippen LogP contribution in [0.2, 0.25) is 0 Å². The molecule has 4 atom stereocenters. The van der Waals surface area contributed by atoms with E-state index in [-0.39, 0.29) is 11.6 Å². The second-order valence-electron chi connectivity index (χ2n) is 5.59. The molecule has 2 fully saturated rings. The van der Waals surface area contributed by atoms with E-state index in [1.807, 2.05) is 0 Å². The number of hydrogen-bond acceptors (Lipinski definition) is 2. The van der Waals surface area contributed by atoms with Crippen molar-refractivity contribution in [1.29, 1.82) is 0 Å². The Morgan fingerprint density at radius 3 is 3.12 bits per heavy atom. The zero-order chi connectivity index (χ0) is 11.3. The van der Waals surface area contributed by atoms with Gasteiger partial charge in [0.15, 0.2) is 0 Å². The molecule has 86 valence electrons. The maximum atomic E-state index is 11.7. The Balaban J connectivity index is 1.85. The van der Waals surface area contributed by atoms with Crippen LogP contribution < -0.4 is 0 Å². The van der Waals surface area contributed by atoms with Crippen molar-refractivity contribution < 1.29 is 9.53 Å². The van der Waals surface area contributed by atoms with Gasteiger partial charge in [-0.1, -0.05) is 18.7 Å². The van der Waals surface area contributed by atoms with Crippen LogP contribution in [0.25, 0.3) is 0 Å². The smallest absolute Gasteiger partial charge is 0.333 e. The van der Waals surface area contributed by atoms with Crippen molar-refractivity contribution in [3.63, 3.8) is 0 Å². The highest BCUT2D eigenvalue weighted by molar-refractivity contribution is 5.87. The number of carbonyl (C=O) groups excluding carboxylic acids is 1. The molecule has 0 aromatic carbocycles. The summed E-state index contributed by atoms with van der Waals surface area (Å²) in [5, 5.41) is 0. The van der Waals surface area contributed by atoms with Gasteiger partial charge in [0.1, 0.15) is 5.60 Å². The normalized spacial score (nSPS) is 43.4. The van der Waals surface area contributed by atoms with Gasteiger partial charge in [0.2, 0.25) is 0 Å². The van der Waals surface area contributed by atoms with Crippen molar-refractivity contribution in [2.75, 3.05) is 0 Å². The van der Waals surface area contributed by atoms with Gasteiger partial charge in [0.05, 0.1) is 0 Å². The van der Waals surface area contributed by atoms with E-state index in [1.54, 1.807) is 6.92 Å². The Hall–Kier alpha value is -1.05. The molecule has 0 amide bonds. The van der Waals surface area contributed by atoms with Gasteiger partial charge in [0.25, 0.3) is 0 Å². The summed E-state index contributed by atoms with van der Waals surface area (Å²) < 4.78 is 5.78. The molecule has 0 spiro atoms. The molecule has 3 aliphatic carbocycles. The summed E-state index contributed by atoms with van der Waals surface area (Å²) in [6.45, 7) is 5.39. The van der Waals surface area contributed by atoms with Gasteiger partial charge in [-0.05, 0) is 44.4 Å². The summed E-state index contributed by atoms with van der Waals surface area (Å²) in [5.41, 5.74) is 0.335. The summed E-state index contributed by atoms with van der Waals surface area (Å²) >= 11 is 0. The Labute approximate surface area is 96.4 Å². The van der Waals surface area contributed by atoms with E-state index in [0.717, 1.165) is 24.7 Å². The fourth-order valence-corrected chi connectivity index (χ4v) is 3.90. The van der Waals surface area contributed by atoms with E-state index in [4.69, 9.17) is 4.74 Å². The SMILES string of the molecule is C=C(C)C(=O)OC12CCC(C1)C1CC=CC12. The van der Waals surface area contributed by atoms with Gasteiger partial charge in [-0.15, -0.1) is 0 Å². The Kier molecular flexibility index (Phi) is 2.04. The molecule has 0 aromatic heterocycles. The van der Waals surface area contributed by atoms with E-state index in [1.165, 1.54) is 12.8 Å². The van der Waals surface area contributed by atoms with E-state index in [2.05, 4.69) is 18.7 Å². The van der Waals surface area contributed by atoms with Gasteiger partial charge in [-0.2, -0.15) is 0 Å². The minimum atomic E-state index is -0.207. The van der Waals surface area contributed by atoms with Crippen LogP contribution in [-0.2, 0) is 9.53 Å². The van der Waals surface area contributed by atoms with Crippen molar-refractivity contribution in [3.05, 3.63) is 24.3 Å². The summed E-state index contributed by atoms with van der Waals surface area (Å²) in [5.74, 6) is 1.79. The van der Waals surface area contributed by atoms with E-state index >= 15 is 0 Å². The van der Waals surface area contributed by atoms with Crippen LogP contribution in [-0.4, -0.2) is 11.6 Å². The third kappa shape index (κ3) is 1.22. The molecule has 2 saturated carbocycles. The number of hydrogen-bond donors (Lipinski definition) is 0. The van der Waals surface area contributed by atoms with Crippen LogP contribution in [0.15, 0.2) is 24.3 Å². The standard InChI is InChI=1S/C14H18O2/c1-9(2)13(15)16-14-7-6-10(8-14)11-4-3-5-12(11)14/h3,5,10-12H,1,4,6-8H2,2H3. The zero-order valence-electron chi connectivity index (χ0n) is 9.74. The number of esters is 1. The van der Waals surface area contributed by atoms with E-state index in [0.29, 0.717) is 11.5 Å². The van der Waals surface area contributed by atoms with Crippen molar-refractivity contribution in [1.82, 2.24) is 0 Å². The van der Waals surface area contributed by atoms with Gasteiger partial charge >= 0.3 is 5.97 Å². The average Bonchev–Trinajstić information content (AvgIpc) is 2.87. The fourth-order valence-electron chi connectivity index (χ4n) is 3.90. The number of allylic oxidation sites excluding steroid dienone is 1. The average molecular weight is 218 g/mol. The van der Waals surface area contributed by atoms with Gasteiger partial charge in [0, 0.05) is 11.5 Å². The first-order valence-corrected chi connectivity index (χ1v) is 6.18. The van der Waals surface area contributed by atoms with Crippen LogP contribution in [0, 0.1) is 17.8 Å². The summed E-state index contributed by atoms with van der Waals surface area (Å²) in [4.78, 5) is 11.7. The lowest BCUT2D eigenvalue weighted by atomic mass is 9.79. The maximum absolute atomic E-state index is 11.7. The second kappa shape index (κ2) is 3.22. The topological polar surface area (TPSA) is 26.3 Å². The molecule has 16 heavy (non-hydrogen) atoms. The molecule has 0 heterocycles. The Bertz CT molecular complexity index is 382. The van der Waals surface area contributed by atoms with E-state index in [9.17, 15) is 4.79 Å². The van der Waals surface area contributed by atoms with Crippen molar-refractivity contribution in [3.8, 4) is 0 Å². The van der Waals surface area contributed by atoms with Crippen LogP contribution in [0.1, 0.15) is 32.6 Å². The number of carbonyl (C=O) groups is 1. The molecule has 0 saturated heterocycles. The monoisotopic (exact) mass is 218 g/mol. The molecule has 2 nitrogen and oxygen atoms in total. The van der Waals surface area contributed by atoms with Crippen LogP contribution >= 0.6 is 0 Å². The van der Waals surface area contributed by atoms with Crippen LogP contribution in [0.4, 0.5) is 0 Å². The highest BCUT2D eigenvalue weighted by atomic mass is 16.6. The summed E-state index contributed by atoms with van der Waals surface area (Å²) in [7, 11) is 0. The minimum absolute atomic E-state index is 0.182. The fraction of sp³-hybridized carbons (Fsp3) is 0.643. The lowest BCUT2D eigenvalue weighted by molar-refractivity contribution is -0.157. The van der Waals surface area contributed by atoms with Crippen molar-refractivity contribution >= 4 is 5.97 Å². The van der Waals surface area contributed by atoms with Gasteiger partial charge < -0.3 is 4.74 Å². The third-order valence-corrected chi connectivity index (χ3v) is 4.62. The first kappa shape index (κ1) is 10.1. The molecule has 3 rings (SSSR count). The molecule has 2 bridgehead atoms.